The van der Waals surface area contributed by atoms with Gasteiger partial charge in [-0.2, -0.15) is 0 Å². The van der Waals surface area contributed by atoms with Crippen LogP contribution >= 0.6 is 0 Å². The molecule has 0 amide bonds. The largest absolute Gasteiger partial charge is 0.356 e. The van der Waals surface area contributed by atoms with Gasteiger partial charge in [0.1, 0.15) is 5.82 Å². The van der Waals surface area contributed by atoms with Gasteiger partial charge in [-0.25, -0.2) is 9.97 Å². The Kier molecular flexibility index (Phi) is 4.20. The van der Waals surface area contributed by atoms with E-state index in [-0.39, 0.29) is 0 Å². The Morgan fingerprint density at radius 2 is 1.61 bits per heavy atom. The fourth-order valence-electron chi connectivity index (χ4n) is 3.50. The molecule has 1 saturated heterocycles. The molecule has 0 saturated carbocycles. The van der Waals surface area contributed by atoms with Crippen molar-refractivity contribution in [3.05, 3.63) is 35.8 Å². The molecule has 0 spiro atoms. The van der Waals surface area contributed by atoms with Gasteiger partial charge in [-0.15, -0.1) is 0 Å². The maximum absolute atomic E-state index is 4.96. The van der Waals surface area contributed by atoms with E-state index < -0.39 is 0 Å². The zero-order chi connectivity index (χ0) is 15.5. The molecule has 5 heteroatoms. The van der Waals surface area contributed by atoms with Crippen molar-refractivity contribution in [1.82, 2.24) is 20.3 Å². The van der Waals surface area contributed by atoms with Gasteiger partial charge in [0.25, 0.3) is 0 Å². The number of pyridine rings is 1. The molecule has 2 aromatic rings. The van der Waals surface area contributed by atoms with Crippen LogP contribution in [-0.4, -0.2) is 28.0 Å². The van der Waals surface area contributed by atoms with Crippen molar-refractivity contribution in [2.75, 3.05) is 18.0 Å². The molecule has 120 valence electrons. The Hall–Kier alpha value is -2.01. The third kappa shape index (κ3) is 3.06. The van der Waals surface area contributed by atoms with Crippen LogP contribution in [0.4, 0.5) is 5.82 Å². The van der Waals surface area contributed by atoms with E-state index in [9.17, 15) is 0 Å². The van der Waals surface area contributed by atoms with Gasteiger partial charge in [-0.1, -0.05) is 19.3 Å². The van der Waals surface area contributed by atoms with E-state index in [2.05, 4.69) is 15.2 Å². The maximum Gasteiger partial charge on any atom is 0.161 e. The first-order chi connectivity index (χ1) is 11.4. The van der Waals surface area contributed by atoms with Crippen molar-refractivity contribution < 1.29 is 0 Å². The molecule has 4 heterocycles. The molecule has 0 atom stereocenters. The lowest BCUT2D eigenvalue weighted by Crippen LogP contribution is -2.29. The molecule has 2 aliphatic heterocycles. The summed E-state index contributed by atoms with van der Waals surface area (Å²) in [6.07, 6.45) is 10.2. The van der Waals surface area contributed by atoms with E-state index in [1.54, 1.807) is 12.4 Å². The van der Waals surface area contributed by atoms with Crippen LogP contribution < -0.4 is 10.2 Å². The zero-order valence-electron chi connectivity index (χ0n) is 13.5. The third-order valence-electron chi connectivity index (χ3n) is 4.76. The van der Waals surface area contributed by atoms with Crippen molar-refractivity contribution in [2.24, 2.45) is 0 Å². The highest BCUT2D eigenvalue weighted by atomic mass is 15.2. The summed E-state index contributed by atoms with van der Waals surface area (Å²) in [6, 6.07) is 3.97. The highest BCUT2D eigenvalue weighted by molar-refractivity contribution is 5.61. The summed E-state index contributed by atoms with van der Waals surface area (Å²) in [5.74, 6) is 1.97. The number of nitrogens with zero attached hydrogens (tertiary/aromatic N) is 4. The maximum atomic E-state index is 4.96. The molecule has 2 aliphatic rings. The predicted molar refractivity (Wildman–Crippen MR) is 91.1 cm³/mol. The van der Waals surface area contributed by atoms with E-state index in [0.717, 1.165) is 49.1 Å². The normalized spacial score (nSPS) is 18.3. The molecule has 1 N–H and O–H groups in total. The molecule has 0 radical (unpaired) electrons. The van der Waals surface area contributed by atoms with Crippen LogP contribution in [0.15, 0.2) is 24.5 Å². The van der Waals surface area contributed by atoms with E-state index in [1.807, 2.05) is 12.1 Å². The molecule has 4 rings (SSSR count). The summed E-state index contributed by atoms with van der Waals surface area (Å²) in [5, 5.41) is 3.43. The number of hydrogen-bond acceptors (Lipinski definition) is 5. The predicted octanol–water partition coefficient (Wildman–Crippen LogP) is 2.91. The van der Waals surface area contributed by atoms with E-state index >= 15 is 0 Å². The summed E-state index contributed by atoms with van der Waals surface area (Å²) in [7, 11) is 0. The number of nitrogens with one attached hydrogen (secondary N) is 1. The van der Waals surface area contributed by atoms with E-state index in [1.165, 1.54) is 37.7 Å². The van der Waals surface area contributed by atoms with Crippen LogP contribution in [0.2, 0.25) is 0 Å². The van der Waals surface area contributed by atoms with Gasteiger partial charge in [0.2, 0.25) is 0 Å². The van der Waals surface area contributed by atoms with E-state index in [4.69, 9.17) is 9.97 Å². The minimum atomic E-state index is 0.826. The summed E-state index contributed by atoms with van der Waals surface area (Å²) in [5.41, 5.74) is 3.50. The number of hydrogen-bond donors (Lipinski definition) is 1. The Labute approximate surface area is 137 Å². The van der Waals surface area contributed by atoms with Crippen LogP contribution in [0.1, 0.15) is 43.4 Å². The molecule has 1 fully saturated rings. The first-order valence-electron chi connectivity index (χ1n) is 8.68. The van der Waals surface area contributed by atoms with Crippen LogP contribution in [-0.2, 0) is 13.1 Å². The van der Waals surface area contributed by atoms with Crippen molar-refractivity contribution in [1.29, 1.82) is 0 Å². The minimum Gasteiger partial charge on any atom is -0.356 e. The van der Waals surface area contributed by atoms with E-state index in [0.29, 0.717) is 0 Å². The second-order valence-electron chi connectivity index (χ2n) is 6.39. The first-order valence-corrected chi connectivity index (χ1v) is 8.68. The molecule has 23 heavy (non-hydrogen) atoms. The van der Waals surface area contributed by atoms with Gasteiger partial charge in [-0.3, -0.25) is 4.98 Å². The summed E-state index contributed by atoms with van der Waals surface area (Å²) < 4.78 is 0. The summed E-state index contributed by atoms with van der Waals surface area (Å²) in [6.45, 7) is 3.95. The average molecular weight is 309 g/mol. The first kappa shape index (κ1) is 14.6. The third-order valence-corrected chi connectivity index (χ3v) is 4.76. The Morgan fingerprint density at radius 3 is 2.39 bits per heavy atom. The quantitative estimate of drug-likeness (QED) is 0.924. The van der Waals surface area contributed by atoms with Crippen LogP contribution in [0.3, 0.4) is 0 Å². The topological polar surface area (TPSA) is 53.9 Å². The second kappa shape index (κ2) is 6.62. The zero-order valence-corrected chi connectivity index (χ0v) is 13.5. The fraction of sp³-hybridized carbons (Fsp3) is 0.500. The van der Waals surface area contributed by atoms with Crippen LogP contribution in [0, 0.1) is 0 Å². The monoisotopic (exact) mass is 309 g/mol. The van der Waals surface area contributed by atoms with Crippen molar-refractivity contribution in [3.63, 3.8) is 0 Å². The fourth-order valence-corrected chi connectivity index (χ4v) is 3.50. The summed E-state index contributed by atoms with van der Waals surface area (Å²) >= 11 is 0. The Balaban J connectivity index is 1.74. The standard InChI is InChI=1S/C18H23N5/c1-2-4-10-23(11-5-3-1)18-15-12-20-13-16(15)21-17(22-18)14-6-8-19-9-7-14/h6-9,20H,1-5,10-13H2. The highest BCUT2D eigenvalue weighted by Gasteiger charge is 2.23. The number of fused-ring (bicyclic) bond motifs is 1. The number of aromatic nitrogens is 3. The number of anilines is 1. The van der Waals surface area contributed by atoms with Gasteiger partial charge in [0.05, 0.1) is 5.69 Å². The number of rotatable bonds is 2. The second-order valence-corrected chi connectivity index (χ2v) is 6.39. The van der Waals surface area contributed by atoms with Crippen molar-refractivity contribution in [2.45, 2.75) is 45.2 Å². The van der Waals surface area contributed by atoms with Crippen LogP contribution in [0.25, 0.3) is 11.4 Å². The Bertz CT molecular complexity index is 663. The Morgan fingerprint density at radius 1 is 0.870 bits per heavy atom. The van der Waals surface area contributed by atoms with Crippen LogP contribution in [0.5, 0.6) is 0 Å². The molecule has 0 unspecified atom stereocenters. The molecule has 5 nitrogen and oxygen atoms in total. The van der Waals surface area contributed by atoms with Gasteiger partial charge >= 0.3 is 0 Å². The lowest BCUT2D eigenvalue weighted by molar-refractivity contribution is 0.552. The molecular weight excluding hydrogens is 286 g/mol. The smallest absolute Gasteiger partial charge is 0.161 e. The molecule has 0 aliphatic carbocycles. The molecule has 0 aromatic carbocycles. The molecule has 2 aromatic heterocycles. The van der Waals surface area contributed by atoms with Gasteiger partial charge in [0, 0.05) is 49.7 Å². The van der Waals surface area contributed by atoms with Crippen molar-refractivity contribution in [3.8, 4) is 11.4 Å². The average Bonchev–Trinajstić information content (AvgIpc) is 3.03. The van der Waals surface area contributed by atoms with Gasteiger partial charge in [-0.05, 0) is 25.0 Å². The lowest BCUT2D eigenvalue weighted by atomic mass is 10.1. The molecule has 0 bridgehead atoms. The van der Waals surface area contributed by atoms with Crippen molar-refractivity contribution >= 4 is 5.82 Å². The summed E-state index contributed by atoms with van der Waals surface area (Å²) in [4.78, 5) is 16.3. The van der Waals surface area contributed by atoms with Gasteiger partial charge in [0.15, 0.2) is 5.82 Å². The van der Waals surface area contributed by atoms with Gasteiger partial charge < -0.3 is 10.2 Å². The lowest BCUT2D eigenvalue weighted by Gasteiger charge is -2.27. The SMILES string of the molecule is c1cc(-c2nc3c(c(N4CCCCCCC4)n2)CNC3)ccn1. The minimum absolute atomic E-state index is 0.826. The molecular formula is C18H23N5. The highest BCUT2D eigenvalue weighted by Crippen LogP contribution is 2.29.